The number of methoxy groups -OCH3 is 1. The fourth-order valence-electron chi connectivity index (χ4n) is 0.922. The second kappa shape index (κ2) is 9.42. The maximum Gasteiger partial charge on any atom is 0.303 e. The van der Waals surface area contributed by atoms with E-state index in [1.165, 1.54) is 0 Å². The van der Waals surface area contributed by atoms with Crippen LogP contribution in [0.4, 0.5) is 0 Å². The first-order valence-electron chi connectivity index (χ1n) is 4.85. The van der Waals surface area contributed by atoms with Crippen LogP contribution in [0.1, 0.15) is 12.8 Å². The van der Waals surface area contributed by atoms with Gasteiger partial charge in [-0.2, -0.15) is 0 Å². The lowest BCUT2D eigenvalue weighted by molar-refractivity contribution is -0.137. The molecule has 1 amide bonds. The third-order valence-corrected chi connectivity index (χ3v) is 1.66. The Balaban J connectivity index is 3.20. The summed E-state index contributed by atoms with van der Waals surface area (Å²) in [5, 5.41) is 13.8. The fraction of sp³-hybridized carbons (Fsp3) is 0.778. The molecule has 0 radical (unpaired) electrons. The topological polar surface area (TPSA) is 87.7 Å². The number of rotatable bonds is 9. The van der Waals surface area contributed by atoms with Crippen molar-refractivity contribution in [1.82, 2.24) is 10.6 Å². The Kier molecular flexibility index (Phi) is 8.70. The summed E-state index contributed by atoms with van der Waals surface area (Å²) >= 11 is 0. The molecule has 0 saturated carbocycles. The maximum atomic E-state index is 11.1. The molecule has 0 saturated heterocycles. The molecule has 0 heterocycles. The van der Waals surface area contributed by atoms with Crippen LogP contribution in [0, 0.1) is 0 Å². The quantitative estimate of drug-likeness (QED) is 0.441. The summed E-state index contributed by atoms with van der Waals surface area (Å²) in [5.74, 6) is -0.927. The molecule has 0 aromatic carbocycles. The van der Waals surface area contributed by atoms with Crippen LogP contribution < -0.4 is 10.6 Å². The van der Waals surface area contributed by atoms with Gasteiger partial charge in [-0.15, -0.1) is 0 Å². The van der Waals surface area contributed by atoms with Crippen molar-refractivity contribution < 1.29 is 19.4 Å². The molecule has 0 unspecified atom stereocenters. The van der Waals surface area contributed by atoms with Gasteiger partial charge in [0, 0.05) is 20.1 Å². The predicted molar refractivity (Wildman–Crippen MR) is 54.6 cm³/mol. The monoisotopic (exact) mass is 218 g/mol. The second-order valence-corrected chi connectivity index (χ2v) is 3.02. The van der Waals surface area contributed by atoms with Gasteiger partial charge in [-0.1, -0.05) is 0 Å². The molecule has 6 heteroatoms. The predicted octanol–water partition coefficient (Wildman–Crippen LogP) is -0.797. The van der Waals surface area contributed by atoms with Crippen molar-refractivity contribution in [2.24, 2.45) is 0 Å². The zero-order valence-electron chi connectivity index (χ0n) is 8.91. The minimum Gasteiger partial charge on any atom is -0.481 e. The van der Waals surface area contributed by atoms with Crippen LogP contribution in [-0.2, 0) is 14.3 Å². The lowest BCUT2D eigenvalue weighted by Crippen LogP contribution is -2.35. The zero-order chi connectivity index (χ0) is 11.5. The minimum atomic E-state index is -0.818. The van der Waals surface area contributed by atoms with Crippen molar-refractivity contribution in [3.8, 4) is 0 Å². The Labute approximate surface area is 89.0 Å². The first-order chi connectivity index (χ1) is 7.16. The normalized spacial score (nSPS) is 9.93. The Morgan fingerprint density at radius 1 is 1.33 bits per heavy atom. The van der Waals surface area contributed by atoms with E-state index in [0.717, 1.165) is 0 Å². The van der Waals surface area contributed by atoms with Gasteiger partial charge in [-0.25, -0.2) is 0 Å². The number of carbonyl (C=O) groups excluding carboxylic acids is 1. The smallest absolute Gasteiger partial charge is 0.303 e. The Hall–Kier alpha value is -1.14. The van der Waals surface area contributed by atoms with Crippen LogP contribution >= 0.6 is 0 Å². The minimum absolute atomic E-state index is 0.109. The summed E-state index contributed by atoms with van der Waals surface area (Å²) in [6.45, 7) is 1.73. The summed E-state index contributed by atoms with van der Waals surface area (Å²) in [6, 6.07) is 0. The molecule has 0 atom stereocenters. The van der Waals surface area contributed by atoms with Crippen molar-refractivity contribution in [1.29, 1.82) is 0 Å². The fourth-order valence-corrected chi connectivity index (χ4v) is 0.922. The summed E-state index contributed by atoms with van der Waals surface area (Å²) < 4.78 is 4.76. The lowest BCUT2D eigenvalue weighted by Gasteiger charge is -2.05. The van der Waals surface area contributed by atoms with Gasteiger partial charge in [0.2, 0.25) is 5.91 Å². The lowest BCUT2D eigenvalue weighted by atomic mass is 10.3. The third kappa shape index (κ3) is 10.8. The Morgan fingerprint density at radius 2 is 2.07 bits per heavy atom. The molecule has 0 aliphatic rings. The molecule has 88 valence electrons. The van der Waals surface area contributed by atoms with Crippen molar-refractivity contribution in [2.75, 3.05) is 33.4 Å². The van der Waals surface area contributed by atoms with Crippen LogP contribution in [0.15, 0.2) is 0 Å². The van der Waals surface area contributed by atoms with Gasteiger partial charge in [-0.3, -0.25) is 9.59 Å². The van der Waals surface area contributed by atoms with Gasteiger partial charge in [0.05, 0.1) is 13.2 Å². The molecular weight excluding hydrogens is 200 g/mol. The SMILES string of the molecule is COCCNC(=O)CNCCCC(=O)O. The molecule has 0 aliphatic heterocycles. The maximum absolute atomic E-state index is 11.1. The Morgan fingerprint density at radius 3 is 2.67 bits per heavy atom. The highest BCUT2D eigenvalue weighted by Gasteiger charge is 2.00. The van der Waals surface area contributed by atoms with Crippen molar-refractivity contribution in [2.45, 2.75) is 12.8 Å². The summed E-state index contributed by atoms with van der Waals surface area (Å²) in [5.41, 5.74) is 0. The van der Waals surface area contributed by atoms with E-state index in [2.05, 4.69) is 10.6 Å². The van der Waals surface area contributed by atoms with Crippen LogP contribution in [0.5, 0.6) is 0 Å². The number of carboxylic acids is 1. The van der Waals surface area contributed by atoms with Gasteiger partial charge < -0.3 is 20.5 Å². The van der Waals surface area contributed by atoms with Crippen molar-refractivity contribution in [3.05, 3.63) is 0 Å². The highest BCUT2D eigenvalue weighted by molar-refractivity contribution is 5.77. The highest BCUT2D eigenvalue weighted by atomic mass is 16.5. The molecule has 0 aliphatic carbocycles. The molecular formula is C9H18N2O4. The highest BCUT2D eigenvalue weighted by Crippen LogP contribution is 1.85. The van der Waals surface area contributed by atoms with Gasteiger partial charge in [0.25, 0.3) is 0 Å². The van der Waals surface area contributed by atoms with Gasteiger partial charge >= 0.3 is 5.97 Å². The molecule has 0 fully saturated rings. The van der Waals surface area contributed by atoms with Crippen LogP contribution in [-0.4, -0.2) is 50.3 Å². The molecule has 15 heavy (non-hydrogen) atoms. The first-order valence-corrected chi connectivity index (χ1v) is 4.85. The molecule has 0 aromatic heterocycles. The van der Waals surface area contributed by atoms with E-state index in [4.69, 9.17) is 9.84 Å². The molecule has 6 nitrogen and oxygen atoms in total. The number of aliphatic carboxylic acids is 1. The van der Waals surface area contributed by atoms with Crippen LogP contribution in [0.3, 0.4) is 0 Å². The molecule has 0 rings (SSSR count). The Bertz CT molecular complexity index is 197. The van der Waals surface area contributed by atoms with Crippen molar-refractivity contribution >= 4 is 11.9 Å². The van der Waals surface area contributed by atoms with Gasteiger partial charge in [0.15, 0.2) is 0 Å². The van der Waals surface area contributed by atoms with E-state index in [-0.39, 0.29) is 18.9 Å². The van der Waals surface area contributed by atoms with E-state index in [9.17, 15) is 9.59 Å². The largest absolute Gasteiger partial charge is 0.481 e. The number of carboxylic acid groups (broad SMARTS) is 1. The van der Waals surface area contributed by atoms with E-state index in [1.54, 1.807) is 7.11 Å². The average Bonchev–Trinajstić information content (AvgIpc) is 2.17. The standard InChI is InChI=1S/C9H18N2O4/c1-15-6-5-11-8(12)7-10-4-2-3-9(13)14/h10H,2-7H2,1H3,(H,11,12)(H,13,14). The second-order valence-electron chi connectivity index (χ2n) is 3.02. The van der Waals surface area contributed by atoms with Gasteiger partial charge in [0.1, 0.15) is 0 Å². The van der Waals surface area contributed by atoms with Gasteiger partial charge in [-0.05, 0) is 13.0 Å². The molecule has 0 aromatic rings. The van der Waals surface area contributed by atoms with E-state index >= 15 is 0 Å². The van der Waals surface area contributed by atoms with Crippen LogP contribution in [0.25, 0.3) is 0 Å². The van der Waals surface area contributed by atoms with Crippen LogP contribution in [0.2, 0.25) is 0 Å². The third-order valence-electron chi connectivity index (χ3n) is 1.66. The summed E-state index contributed by atoms with van der Waals surface area (Å²) in [4.78, 5) is 21.2. The number of hydrogen-bond donors (Lipinski definition) is 3. The zero-order valence-corrected chi connectivity index (χ0v) is 8.91. The molecule has 0 spiro atoms. The van der Waals surface area contributed by atoms with E-state index < -0.39 is 5.97 Å². The molecule has 0 bridgehead atoms. The number of nitrogens with one attached hydrogen (secondary N) is 2. The number of hydrogen-bond acceptors (Lipinski definition) is 4. The molecule has 3 N–H and O–H groups in total. The number of ether oxygens (including phenoxy) is 1. The number of amides is 1. The summed E-state index contributed by atoms with van der Waals surface area (Å²) in [6.07, 6.45) is 0.652. The average molecular weight is 218 g/mol. The number of carbonyl (C=O) groups is 2. The van der Waals surface area contributed by atoms with E-state index in [0.29, 0.717) is 26.1 Å². The van der Waals surface area contributed by atoms with Crippen molar-refractivity contribution in [3.63, 3.8) is 0 Å². The first kappa shape index (κ1) is 13.9. The summed E-state index contributed by atoms with van der Waals surface area (Å²) in [7, 11) is 1.57. The van der Waals surface area contributed by atoms with E-state index in [1.807, 2.05) is 0 Å².